The van der Waals surface area contributed by atoms with Gasteiger partial charge in [-0.2, -0.15) is 0 Å². The average Bonchev–Trinajstić information content (AvgIpc) is 2.56. The number of methoxy groups -OCH3 is 1. The first kappa shape index (κ1) is 19.1. The zero-order valence-corrected chi connectivity index (χ0v) is 15.7. The van der Waals surface area contributed by atoms with Gasteiger partial charge in [0, 0.05) is 22.5 Å². The Balaban J connectivity index is 2.00. The number of ether oxygens (including phenoxy) is 1. The fraction of sp³-hybridized carbons (Fsp3) is 0.222. The molecule has 0 aromatic heterocycles. The molecule has 2 rings (SSSR count). The molecule has 7 heteroatoms. The van der Waals surface area contributed by atoms with Crippen LogP contribution >= 0.6 is 23.4 Å². The van der Waals surface area contributed by atoms with E-state index in [1.165, 1.54) is 25.8 Å². The van der Waals surface area contributed by atoms with E-state index in [1.807, 2.05) is 19.1 Å². The maximum Gasteiger partial charge on any atom is 0.237 e. The highest BCUT2D eigenvalue weighted by molar-refractivity contribution is 8.00. The van der Waals surface area contributed by atoms with E-state index >= 15 is 0 Å². The molecule has 2 aromatic carbocycles. The fourth-order valence-electron chi connectivity index (χ4n) is 2.09. The zero-order chi connectivity index (χ0) is 18.4. The Morgan fingerprint density at radius 2 is 1.80 bits per heavy atom. The Hall–Kier alpha value is -2.18. The van der Waals surface area contributed by atoms with Crippen molar-refractivity contribution in [3.8, 4) is 5.75 Å². The molecule has 0 saturated carbocycles. The SMILES string of the molecule is COc1ccc(Cl)cc1NC(=O)C(C)Sc1ccc(NC(C)=O)cc1. The first-order valence-electron chi connectivity index (χ1n) is 7.57. The largest absolute Gasteiger partial charge is 0.495 e. The van der Waals surface area contributed by atoms with Gasteiger partial charge in [-0.1, -0.05) is 11.6 Å². The van der Waals surface area contributed by atoms with Crippen molar-refractivity contribution in [2.24, 2.45) is 0 Å². The van der Waals surface area contributed by atoms with Crippen molar-refractivity contribution in [2.45, 2.75) is 24.0 Å². The van der Waals surface area contributed by atoms with Crippen molar-refractivity contribution in [1.82, 2.24) is 0 Å². The van der Waals surface area contributed by atoms with Crippen LogP contribution < -0.4 is 15.4 Å². The minimum absolute atomic E-state index is 0.122. The molecule has 0 aliphatic heterocycles. The van der Waals surface area contributed by atoms with E-state index in [2.05, 4.69) is 10.6 Å². The van der Waals surface area contributed by atoms with Crippen molar-refractivity contribution in [3.05, 3.63) is 47.5 Å². The number of thioether (sulfide) groups is 1. The van der Waals surface area contributed by atoms with Gasteiger partial charge in [0.2, 0.25) is 11.8 Å². The second kappa shape index (κ2) is 8.78. The molecule has 0 spiro atoms. The summed E-state index contributed by atoms with van der Waals surface area (Å²) in [6, 6.07) is 12.4. The summed E-state index contributed by atoms with van der Waals surface area (Å²) in [5, 5.41) is 5.73. The summed E-state index contributed by atoms with van der Waals surface area (Å²) in [5.41, 5.74) is 1.26. The highest BCUT2D eigenvalue weighted by Gasteiger charge is 2.16. The number of nitrogens with one attached hydrogen (secondary N) is 2. The molecular formula is C18H19ClN2O3S. The van der Waals surface area contributed by atoms with Crippen LogP contribution in [-0.4, -0.2) is 24.2 Å². The maximum absolute atomic E-state index is 12.4. The third kappa shape index (κ3) is 5.69. The Kier molecular flexibility index (Phi) is 6.73. The number of carbonyl (C=O) groups excluding carboxylic acids is 2. The molecule has 0 radical (unpaired) electrons. The number of halogens is 1. The van der Waals surface area contributed by atoms with Gasteiger partial charge in [0.25, 0.3) is 0 Å². The van der Waals surface area contributed by atoms with Crippen LogP contribution in [-0.2, 0) is 9.59 Å². The topological polar surface area (TPSA) is 67.4 Å². The molecule has 2 amide bonds. The number of anilines is 2. The quantitative estimate of drug-likeness (QED) is 0.730. The number of amides is 2. The van der Waals surface area contributed by atoms with E-state index in [0.717, 1.165) is 10.6 Å². The molecule has 1 unspecified atom stereocenters. The second-order valence-electron chi connectivity index (χ2n) is 5.30. The van der Waals surface area contributed by atoms with Crippen LogP contribution in [0.25, 0.3) is 0 Å². The average molecular weight is 379 g/mol. The lowest BCUT2D eigenvalue weighted by Gasteiger charge is -2.14. The third-order valence-corrected chi connectivity index (χ3v) is 4.62. The predicted octanol–water partition coefficient (Wildman–Crippen LogP) is 4.43. The maximum atomic E-state index is 12.4. The van der Waals surface area contributed by atoms with Crippen LogP contribution in [0.3, 0.4) is 0 Å². The second-order valence-corrected chi connectivity index (χ2v) is 7.15. The van der Waals surface area contributed by atoms with Crippen LogP contribution in [0.1, 0.15) is 13.8 Å². The van der Waals surface area contributed by atoms with Crippen LogP contribution in [0.5, 0.6) is 5.75 Å². The molecule has 0 bridgehead atoms. The van der Waals surface area contributed by atoms with Crippen molar-refractivity contribution in [1.29, 1.82) is 0 Å². The van der Waals surface area contributed by atoms with Gasteiger partial charge in [-0.25, -0.2) is 0 Å². The van der Waals surface area contributed by atoms with Crippen molar-refractivity contribution < 1.29 is 14.3 Å². The first-order valence-corrected chi connectivity index (χ1v) is 8.83. The Morgan fingerprint density at radius 3 is 2.40 bits per heavy atom. The van der Waals surface area contributed by atoms with Gasteiger partial charge in [-0.15, -0.1) is 11.8 Å². The van der Waals surface area contributed by atoms with E-state index in [4.69, 9.17) is 16.3 Å². The summed E-state index contributed by atoms with van der Waals surface area (Å²) in [6.07, 6.45) is 0. The molecule has 0 fully saturated rings. The molecule has 0 aliphatic carbocycles. The Bertz CT molecular complexity index is 765. The summed E-state index contributed by atoms with van der Waals surface area (Å²) >= 11 is 7.39. The van der Waals surface area contributed by atoms with E-state index in [-0.39, 0.29) is 17.1 Å². The smallest absolute Gasteiger partial charge is 0.237 e. The highest BCUT2D eigenvalue weighted by atomic mass is 35.5. The minimum Gasteiger partial charge on any atom is -0.495 e. The van der Waals surface area contributed by atoms with Gasteiger partial charge < -0.3 is 15.4 Å². The molecule has 0 saturated heterocycles. The molecule has 1 atom stereocenters. The lowest BCUT2D eigenvalue weighted by molar-refractivity contribution is -0.115. The summed E-state index contributed by atoms with van der Waals surface area (Å²) < 4.78 is 5.23. The van der Waals surface area contributed by atoms with Crippen LogP contribution in [0.15, 0.2) is 47.4 Å². The normalized spacial score (nSPS) is 11.5. The van der Waals surface area contributed by atoms with Gasteiger partial charge in [0.05, 0.1) is 18.0 Å². The summed E-state index contributed by atoms with van der Waals surface area (Å²) in [6.45, 7) is 3.28. The summed E-state index contributed by atoms with van der Waals surface area (Å²) in [5.74, 6) is 0.273. The molecule has 0 aliphatic rings. The van der Waals surface area contributed by atoms with Gasteiger partial charge in [0.15, 0.2) is 0 Å². The predicted molar refractivity (Wildman–Crippen MR) is 103 cm³/mol. The van der Waals surface area contributed by atoms with Crippen LogP contribution in [0.4, 0.5) is 11.4 Å². The van der Waals surface area contributed by atoms with Gasteiger partial charge in [0.1, 0.15) is 5.75 Å². The monoisotopic (exact) mass is 378 g/mol. The van der Waals surface area contributed by atoms with Crippen LogP contribution in [0.2, 0.25) is 5.02 Å². The van der Waals surface area contributed by atoms with Gasteiger partial charge in [-0.05, 0) is 49.4 Å². The molecule has 25 heavy (non-hydrogen) atoms. The molecular weight excluding hydrogens is 360 g/mol. The van der Waals surface area contributed by atoms with Gasteiger partial charge >= 0.3 is 0 Å². The number of carbonyl (C=O) groups is 2. The number of rotatable bonds is 6. The van der Waals surface area contributed by atoms with Crippen molar-refractivity contribution in [3.63, 3.8) is 0 Å². The third-order valence-electron chi connectivity index (χ3n) is 3.28. The standard InChI is InChI=1S/C18H19ClN2O3S/c1-11(25-15-7-5-14(6-8-15)20-12(2)22)18(23)21-16-10-13(19)4-9-17(16)24-3/h4-11H,1-3H3,(H,20,22)(H,21,23). The van der Waals surface area contributed by atoms with Crippen molar-refractivity contribution in [2.75, 3.05) is 17.7 Å². The number of hydrogen-bond donors (Lipinski definition) is 2. The van der Waals surface area contributed by atoms with Gasteiger partial charge in [-0.3, -0.25) is 9.59 Å². The highest BCUT2D eigenvalue weighted by Crippen LogP contribution is 2.30. The molecule has 2 N–H and O–H groups in total. The van der Waals surface area contributed by atoms with E-state index < -0.39 is 0 Å². The Morgan fingerprint density at radius 1 is 1.12 bits per heavy atom. The van der Waals surface area contributed by atoms with E-state index in [9.17, 15) is 9.59 Å². The zero-order valence-electron chi connectivity index (χ0n) is 14.1. The number of hydrogen-bond acceptors (Lipinski definition) is 4. The molecule has 0 heterocycles. The summed E-state index contributed by atoms with van der Waals surface area (Å²) in [7, 11) is 1.54. The van der Waals surface area contributed by atoms with Crippen molar-refractivity contribution >= 4 is 46.6 Å². The molecule has 5 nitrogen and oxygen atoms in total. The van der Waals surface area contributed by atoms with E-state index in [1.54, 1.807) is 30.3 Å². The molecule has 132 valence electrons. The lowest BCUT2D eigenvalue weighted by atomic mass is 10.3. The first-order chi connectivity index (χ1) is 11.9. The summed E-state index contributed by atoms with van der Waals surface area (Å²) in [4.78, 5) is 24.4. The number of benzene rings is 2. The fourth-order valence-corrected chi connectivity index (χ4v) is 3.13. The van der Waals surface area contributed by atoms with Crippen LogP contribution in [0, 0.1) is 0 Å². The Labute approximate surface area is 156 Å². The minimum atomic E-state index is -0.324. The van der Waals surface area contributed by atoms with E-state index in [0.29, 0.717) is 16.5 Å². The molecule has 2 aromatic rings. The lowest BCUT2D eigenvalue weighted by Crippen LogP contribution is -2.22.